The molecule has 4 aromatic rings. The first-order valence-electron chi connectivity index (χ1n) is 9.26. The standard InChI is InChI=1S/C22H14Cl4N4OS/c23-14-6-4-13(5-7-14)21-28-29-22(30(21)16-10-8-15(24)9-11-16)32-12-19(31)27-18-3-1-2-17(25)20(18)26/h1-11H,12H2,(H,27,31). The van der Waals surface area contributed by atoms with Crippen LogP contribution in [0.4, 0.5) is 5.69 Å². The first-order chi connectivity index (χ1) is 15.4. The molecule has 5 nitrogen and oxygen atoms in total. The predicted octanol–water partition coefficient (Wildman–Crippen LogP) is 7.28. The van der Waals surface area contributed by atoms with E-state index in [1.165, 1.54) is 11.8 Å². The van der Waals surface area contributed by atoms with Crippen LogP contribution in [0.15, 0.2) is 71.9 Å². The van der Waals surface area contributed by atoms with Gasteiger partial charge in [-0.1, -0.05) is 64.2 Å². The molecule has 4 rings (SSSR count). The third-order valence-electron chi connectivity index (χ3n) is 4.38. The van der Waals surface area contributed by atoms with Crippen molar-refractivity contribution in [1.82, 2.24) is 14.8 Å². The van der Waals surface area contributed by atoms with Gasteiger partial charge in [0.05, 0.1) is 21.5 Å². The molecule has 0 fully saturated rings. The molecule has 1 N–H and O–H groups in total. The molecule has 10 heteroatoms. The number of nitrogens with zero attached hydrogens (tertiary/aromatic N) is 3. The fraction of sp³-hybridized carbons (Fsp3) is 0.0455. The monoisotopic (exact) mass is 522 g/mol. The molecule has 3 aromatic carbocycles. The third-order valence-corrected chi connectivity index (χ3v) is 6.63. The van der Waals surface area contributed by atoms with Crippen LogP contribution in [0.3, 0.4) is 0 Å². The number of nitrogens with one attached hydrogen (secondary N) is 1. The molecule has 162 valence electrons. The summed E-state index contributed by atoms with van der Waals surface area (Å²) in [6, 6.07) is 19.6. The van der Waals surface area contributed by atoms with Crippen molar-refractivity contribution >= 4 is 69.8 Å². The summed E-state index contributed by atoms with van der Waals surface area (Å²) < 4.78 is 1.86. The Morgan fingerprint density at radius 2 is 1.53 bits per heavy atom. The van der Waals surface area contributed by atoms with Crippen LogP contribution in [0.5, 0.6) is 0 Å². The molecule has 32 heavy (non-hydrogen) atoms. The Bertz CT molecular complexity index is 1260. The summed E-state index contributed by atoms with van der Waals surface area (Å²) in [6.45, 7) is 0. The van der Waals surface area contributed by atoms with Crippen molar-refractivity contribution in [3.8, 4) is 17.1 Å². The zero-order valence-corrected chi connectivity index (χ0v) is 20.1. The number of carbonyl (C=O) groups is 1. The molecule has 0 spiro atoms. The Balaban J connectivity index is 1.60. The van der Waals surface area contributed by atoms with E-state index in [-0.39, 0.29) is 11.7 Å². The minimum Gasteiger partial charge on any atom is -0.324 e. The van der Waals surface area contributed by atoms with Gasteiger partial charge in [-0.25, -0.2) is 0 Å². The summed E-state index contributed by atoms with van der Waals surface area (Å²) in [4.78, 5) is 12.5. The number of hydrogen-bond donors (Lipinski definition) is 1. The Morgan fingerprint density at radius 1 is 0.875 bits per heavy atom. The highest BCUT2D eigenvalue weighted by Crippen LogP contribution is 2.31. The second-order valence-electron chi connectivity index (χ2n) is 6.56. The summed E-state index contributed by atoms with van der Waals surface area (Å²) in [5.41, 5.74) is 2.09. The Hall–Kier alpha value is -2.22. The van der Waals surface area contributed by atoms with Crippen molar-refractivity contribution in [1.29, 1.82) is 0 Å². The van der Waals surface area contributed by atoms with E-state index in [9.17, 15) is 4.79 Å². The summed E-state index contributed by atoms with van der Waals surface area (Å²) in [5.74, 6) is 0.456. The minimum atomic E-state index is -0.252. The molecular formula is C22H14Cl4N4OS. The lowest BCUT2D eigenvalue weighted by Crippen LogP contribution is -2.15. The minimum absolute atomic E-state index is 0.0924. The first kappa shape index (κ1) is 23.0. The lowest BCUT2D eigenvalue weighted by atomic mass is 10.2. The molecule has 0 saturated carbocycles. The summed E-state index contributed by atoms with van der Waals surface area (Å²) >= 11 is 25.5. The number of benzene rings is 3. The Kier molecular flexibility index (Phi) is 7.28. The molecule has 0 atom stereocenters. The van der Waals surface area contributed by atoms with Crippen molar-refractivity contribution in [2.45, 2.75) is 5.16 Å². The number of carbonyl (C=O) groups excluding carboxylic acids is 1. The summed E-state index contributed by atoms with van der Waals surface area (Å²) in [5, 5.41) is 13.9. The quantitative estimate of drug-likeness (QED) is 0.270. The van der Waals surface area contributed by atoms with Crippen LogP contribution in [-0.2, 0) is 4.79 Å². The molecule has 0 unspecified atom stereocenters. The van der Waals surface area contributed by atoms with Crippen LogP contribution < -0.4 is 5.32 Å². The molecular weight excluding hydrogens is 510 g/mol. The fourth-order valence-corrected chi connectivity index (χ4v) is 4.24. The average Bonchev–Trinajstić information content (AvgIpc) is 3.20. The zero-order valence-electron chi connectivity index (χ0n) is 16.2. The number of thioether (sulfide) groups is 1. The van der Waals surface area contributed by atoms with E-state index in [4.69, 9.17) is 46.4 Å². The van der Waals surface area contributed by atoms with Gasteiger partial charge in [0, 0.05) is 21.3 Å². The Labute approximate surface area is 208 Å². The molecule has 0 aliphatic rings. The van der Waals surface area contributed by atoms with Crippen LogP contribution in [0.25, 0.3) is 17.1 Å². The lowest BCUT2D eigenvalue weighted by molar-refractivity contribution is -0.113. The highest BCUT2D eigenvalue weighted by molar-refractivity contribution is 7.99. The van der Waals surface area contributed by atoms with Gasteiger partial charge < -0.3 is 5.32 Å². The van der Waals surface area contributed by atoms with Gasteiger partial charge in [-0.05, 0) is 60.7 Å². The number of hydrogen-bond acceptors (Lipinski definition) is 4. The number of anilines is 1. The van der Waals surface area contributed by atoms with E-state index in [1.807, 2.05) is 28.8 Å². The number of rotatable bonds is 6. The first-order valence-corrected chi connectivity index (χ1v) is 11.8. The van der Waals surface area contributed by atoms with Crippen molar-refractivity contribution in [2.24, 2.45) is 0 Å². The maximum Gasteiger partial charge on any atom is 0.234 e. The van der Waals surface area contributed by atoms with Gasteiger partial charge in [-0.3, -0.25) is 9.36 Å². The molecule has 0 radical (unpaired) electrons. The molecule has 1 amide bonds. The van der Waals surface area contributed by atoms with Gasteiger partial charge in [0.25, 0.3) is 0 Å². The second kappa shape index (κ2) is 10.1. The molecule has 0 saturated heterocycles. The normalized spacial score (nSPS) is 10.9. The summed E-state index contributed by atoms with van der Waals surface area (Å²) in [6.07, 6.45) is 0. The van der Waals surface area contributed by atoms with Gasteiger partial charge in [-0.2, -0.15) is 0 Å². The van der Waals surface area contributed by atoms with Crippen LogP contribution in [0.2, 0.25) is 20.1 Å². The maximum atomic E-state index is 12.5. The van der Waals surface area contributed by atoms with Crippen molar-refractivity contribution in [3.05, 3.63) is 86.8 Å². The van der Waals surface area contributed by atoms with Crippen LogP contribution in [0, 0.1) is 0 Å². The number of aromatic nitrogens is 3. The van der Waals surface area contributed by atoms with Gasteiger partial charge in [0.2, 0.25) is 5.91 Å². The lowest BCUT2D eigenvalue weighted by Gasteiger charge is -2.11. The van der Waals surface area contributed by atoms with Gasteiger partial charge >= 0.3 is 0 Å². The fourth-order valence-electron chi connectivity index (χ4n) is 2.89. The van der Waals surface area contributed by atoms with Crippen molar-refractivity contribution < 1.29 is 4.79 Å². The van der Waals surface area contributed by atoms with E-state index < -0.39 is 0 Å². The van der Waals surface area contributed by atoms with Gasteiger partial charge in [-0.15, -0.1) is 10.2 Å². The van der Waals surface area contributed by atoms with E-state index in [2.05, 4.69) is 15.5 Å². The SMILES string of the molecule is O=C(CSc1nnc(-c2ccc(Cl)cc2)n1-c1ccc(Cl)cc1)Nc1cccc(Cl)c1Cl. The molecule has 0 bridgehead atoms. The topological polar surface area (TPSA) is 59.8 Å². The summed E-state index contributed by atoms with van der Waals surface area (Å²) in [7, 11) is 0. The maximum absolute atomic E-state index is 12.5. The number of halogens is 4. The van der Waals surface area contributed by atoms with Gasteiger partial charge in [0.15, 0.2) is 11.0 Å². The molecule has 1 aromatic heterocycles. The Morgan fingerprint density at radius 3 is 2.22 bits per heavy atom. The van der Waals surface area contributed by atoms with E-state index in [0.717, 1.165) is 11.3 Å². The zero-order chi connectivity index (χ0) is 22.7. The van der Waals surface area contributed by atoms with Crippen LogP contribution >= 0.6 is 58.2 Å². The largest absolute Gasteiger partial charge is 0.324 e. The van der Waals surface area contributed by atoms with Crippen LogP contribution in [-0.4, -0.2) is 26.4 Å². The second-order valence-corrected chi connectivity index (χ2v) is 9.16. The predicted molar refractivity (Wildman–Crippen MR) is 133 cm³/mol. The van der Waals surface area contributed by atoms with Crippen molar-refractivity contribution in [3.63, 3.8) is 0 Å². The molecule has 0 aliphatic heterocycles. The molecule has 0 aliphatic carbocycles. The third kappa shape index (κ3) is 5.22. The van der Waals surface area contributed by atoms with E-state index >= 15 is 0 Å². The smallest absolute Gasteiger partial charge is 0.234 e. The highest BCUT2D eigenvalue weighted by atomic mass is 35.5. The molecule has 1 heterocycles. The average molecular weight is 524 g/mol. The van der Waals surface area contributed by atoms with E-state index in [1.54, 1.807) is 42.5 Å². The van der Waals surface area contributed by atoms with Crippen LogP contribution in [0.1, 0.15) is 0 Å². The number of amides is 1. The highest BCUT2D eigenvalue weighted by Gasteiger charge is 2.18. The van der Waals surface area contributed by atoms with Gasteiger partial charge in [0.1, 0.15) is 0 Å². The van der Waals surface area contributed by atoms with E-state index in [0.29, 0.717) is 36.8 Å². The van der Waals surface area contributed by atoms with Crippen molar-refractivity contribution in [2.75, 3.05) is 11.1 Å².